The highest BCUT2D eigenvalue weighted by Gasteiger charge is 2.50. The number of halogens is 3. The van der Waals surface area contributed by atoms with Gasteiger partial charge >= 0.3 is 0 Å². The second-order valence-electron chi connectivity index (χ2n) is 8.52. The lowest BCUT2D eigenvalue weighted by Crippen LogP contribution is -2.56. The summed E-state index contributed by atoms with van der Waals surface area (Å²) in [6, 6.07) is 11.1. The first-order valence-corrected chi connectivity index (χ1v) is 11.3. The van der Waals surface area contributed by atoms with Crippen LogP contribution in [-0.4, -0.2) is 28.6 Å². The highest BCUT2D eigenvalue weighted by molar-refractivity contribution is 6.30. The van der Waals surface area contributed by atoms with Gasteiger partial charge in [-0.05, 0) is 60.7 Å². The molecule has 6 heteroatoms. The summed E-state index contributed by atoms with van der Waals surface area (Å²) in [5, 5.41) is 11.0. The minimum atomic E-state index is -0.725. The molecule has 2 aromatic rings. The van der Waals surface area contributed by atoms with Gasteiger partial charge in [-0.15, -0.1) is 6.58 Å². The van der Waals surface area contributed by atoms with Gasteiger partial charge in [-0.3, -0.25) is 4.79 Å². The van der Waals surface area contributed by atoms with Crippen LogP contribution in [0.25, 0.3) is 0 Å². The number of piperidine rings is 1. The quantitative estimate of drug-likeness (QED) is 0.473. The second-order valence-corrected chi connectivity index (χ2v) is 9.39. The molecule has 1 aliphatic rings. The molecule has 0 aliphatic carbocycles. The zero-order chi connectivity index (χ0) is 22.8. The number of hydrogen-bond acceptors (Lipinski definition) is 2. The molecular weight excluding hydrogens is 436 g/mol. The molecule has 1 amide bonds. The van der Waals surface area contributed by atoms with Crippen molar-refractivity contribution in [2.45, 2.75) is 51.1 Å². The van der Waals surface area contributed by atoms with Crippen LogP contribution >= 0.6 is 23.2 Å². The van der Waals surface area contributed by atoms with Crippen molar-refractivity contribution in [2.75, 3.05) is 6.61 Å². The first kappa shape index (κ1) is 23.8. The Hall–Kier alpha value is -1.88. The first-order valence-electron chi connectivity index (χ1n) is 10.5. The Morgan fingerprint density at radius 3 is 2.45 bits per heavy atom. The molecule has 3 nitrogen and oxygen atoms in total. The van der Waals surface area contributed by atoms with Gasteiger partial charge in [0, 0.05) is 16.0 Å². The Morgan fingerprint density at radius 1 is 1.23 bits per heavy atom. The van der Waals surface area contributed by atoms with Crippen molar-refractivity contribution in [3.05, 3.63) is 82.1 Å². The lowest BCUT2D eigenvalue weighted by Gasteiger charge is -2.51. The second kappa shape index (κ2) is 9.72. The van der Waals surface area contributed by atoms with E-state index < -0.39 is 17.3 Å². The van der Waals surface area contributed by atoms with E-state index >= 15 is 0 Å². The van der Waals surface area contributed by atoms with E-state index in [1.807, 2.05) is 26.0 Å². The van der Waals surface area contributed by atoms with E-state index in [1.165, 1.54) is 12.1 Å². The van der Waals surface area contributed by atoms with Crippen molar-refractivity contribution in [3.8, 4) is 0 Å². The summed E-state index contributed by atoms with van der Waals surface area (Å²) >= 11 is 12.3. The van der Waals surface area contributed by atoms with Crippen molar-refractivity contribution in [2.24, 2.45) is 5.41 Å². The van der Waals surface area contributed by atoms with Crippen molar-refractivity contribution < 1.29 is 14.3 Å². The molecule has 0 radical (unpaired) electrons. The van der Waals surface area contributed by atoms with Gasteiger partial charge in [-0.1, -0.05) is 55.3 Å². The van der Waals surface area contributed by atoms with Gasteiger partial charge in [-0.25, -0.2) is 4.39 Å². The zero-order valence-electron chi connectivity index (χ0n) is 17.8. The molecule has 1 fully saturated rings. The number of amides is 1. The Bertz CT molecular complexity index is 925. The fourth-order valence-electron chi connectivity index (χ4n) is 4.75. The molecule has 1 N–H and O–H groups in total. The fourth-order valence-corrected chi connectivity index (χ4v) is 5.11. The summed E-state index contributed by atoms with van der Waals surface area (Å²) in [6.07, 6.45) is 3.32. The molecule has 0 bridgehead atoms. The lowest BCUT2D eigenvalue weighted by molar-refractivity contribution is -0.156. The van der Waals surface area contributed by atoms with E-state index in [2.05, 4.69) is 6.58 Å². The van der Waals surface area contributed by atoms with Gasteiger partial charge < -0.3 is 10.0 Å². The molecule has 4 atom stereocenters. The third-order valence-electron chi connectivity index (χ3n) is 6.30. The average molecular weight is 464 g/mol. The summed E-state index contributed by atoms with van der Waals surface area (Å²) in [5.74, 6) is -0.676. The Morgan fingerprint density at radius 2 is 1.90 bits per heavy atom. The molecule has 0 spiro atoms. The summed E-state index contributed by atoms with van der Waals surface area (Å²) in [6.45, 7) is 7.54. The molecular formula is C25H28Cl2FNO2. The number of likely N-dealkylation sites (tertiary alicyclic amines) is 1. The van der Waals surface area contributed by atoms with Gasteiger partial charge in [0.2, 0.25) is 5.91 Å². The minimum absolute atomic E-state index is 0.0352. The van der Waals surface area contributed by atoms with Crippen LogP contribution in [0, 0.1) is 11.2 Å². The smallest absolute Gasteiger partial charge is 0.229 e. The predicted molar refractivity (Wildman–Crippen MR) is 124 cm³/mol. The van der Waals surface area contributed by atoms with E-state index in [-0.39, 0.29) is 24.5 Å². The molecule has 1 heterocycles. The minimum Gasteiger partial charge on any atom is -0.394 e. The number of rotatable bonds is 7. The third kappa shape index (κ3) is 4.82. The van der Waals surface area contributed by atoms with Crippen LogP contribution in [0.15, 0.2) is 55.1 Å². The number of nitrogens with zero attached hydrogens (tertiary/aromatic N) is 1. The lowest BCUT2D eigenvalue weighted by atomic mass is 9.67. The van der Waals surface area contributed by atoms with E-state index in [4.69, 9.17) is 23.2 Å². The zero-order valence-corrected chi connectivity index (χ0v) is 19.3. The van der Waals surface area contributed by atoms with Crippen molar-refractivity contribution in [3.63, 3.8) is 0 Å². The monoisotopic (exact) mass is 463 g/mol. The Kier molecular flexibility index (Phi) is 7.46. The Balaban J connectivity index is 2.24. The maximum absolute atomic E-state index is 14.3. The normalized spacial score (nSPS) is 24.8. The van der Waals surface area contributed by atoms with Gasteiger partial charge in [0.25, 0.3) is 0 Å². The van der Waals surface area contributed by atoms with E-state index in [1.54, 1.807) is 29.2 Å². The van der Waals surface area contributed by atoms with E-state index in [0.29, 0.717) is 29.3 Å². The van der Waals surface area contributed by atoms with Gasteiger partial charge in [0.15, 0.2) is 0 Å². The van der Waals surface area contributed by atoms with Crippen LogP contribution in [-0.2, 0) is 4.79 Å². The van der Waals surface area contributed by atoms with Crippen LogP contribution in [0.2, 0.25) is 10.0 Å². The van der Waals surface area contributed by atoms with E-state index in [0.717, 1.165) is 11.1 Å². The van der Waals surface area contributed by atoms with E-state index in [9.17, 15) is 14.3 Å². The van der Waals surface area contributed by atoms with Gasteiger partial charge in [-0.2, -0.15) is 0 Å². The van der Waals surface area contributed by atoms with Crippen LogP contribution < -0.4 is 0 Å². The largest absolute Gasteiger partial charge is 0.394 e. The fraction of sp³-hybridized carbons (Fsp3) is 0.400. The summed E-state index contributed by atoms with van der Waals surface area (Å²) in [7, 11) is 0. The van der Waals surface area contributed by atoms with Crippen LogP contribution in [0.4, 0.5) is 4.39 Å². The molecule has 31 heavy (non-hydrogen) atoms. The highest BCUT2D eigenvalue weighted by atomic mass is 35.5. The number of carbonyl (C=O) groups is 1. The topological polar surface area (TPSA) is 40.5 Å². The van der Waals surface area contributed by atoms with Crippen molar-refractivity contribution in [1.82, 2.24) is 4.90 Å². The number of aliphatic hydroxyl groups excluding tert-OH is 1. The molecule has 3 rings (SSSR count). The average Bonchev–Trinajstić information content (AvgIpc) is 2.72. The highest BCUT2D eigenvalue weighted by Crippen LogP contribution is 2.52. The number of benzene rings is 2. The summed E-state index contributed by atoms with van der Waals surface area (Å²) < 4.78 is 14.3. The Labute approximate surface area is 193 Å². The predicted octanol–water partition coefficient (Wildman–Crippen LogP) is 6.54. The van der Waals surface area contributed by atoms with Gasteiger partial charge in [0.05, 0.1) is 24.1 Å². The summed E-state index contributed by atoms with van der Waals surface area (Å²) in [4.78, 5) is 15.6. The van der Waals surface area contributed by atoms with Crippen molar-refractivity contribution in [1.29, 1.82) is 0 Å². The summed E-state index contributed by atoms with van der Waals surface area (Å²) in [5.41, 5.74) is 0.887. The number of aliphatic hydroxyl groups is 1. The molecule has 1 aliphatic heterocycles. The van der Waals surface area contributed by atoms with Crippen LogP contribution in [0.5, 0.6) is 0 Å². The van der Waals surface area contributed by atoms with Crippen molar-refractivity contribution >= 4 is 29.1 Å². The molecule has 166 valence electrons. The molecule has 0 saturated carbocycles. The van der Waals surface area contributed by atoms with Crippen LogP contribution in [0.1, 0.15) is 56.2 Å². The number of carbonyl (C=O) groups excluding carboxylic acids is 1. The van der Waals surface area contributed by atoms with Crippen LogP contribution in [0.3, 0.4) is 0 Å². The molecule has 0 aromatic heterocycles. The molecule has 2 aromatic carbocycles. The number of allylic oxidation sites excluding steroid dienone is 1. The maximum atomic E-state index is 14.3. The standard InChI is InChI=1S/C25H28Cl2FNO2/c1-4-10-25(3)14-22(17-11-19(27)13-20(28)12-17)23(16-6-8-18(26)9-7-16)29(24(25)31)21(5-2)15-30/h4,6-9,11-13,21-23,30H,1,5,10,14-15H2,2-3H3/t21?,22-,23-,25+/m1/s1. The molecule has 1 saturated heterocycles. The number of hydrogen-bond donors (Lipinski definition) is 1. The van der Waals surface area contributed by atoms with Gasteiger partial charge in [0.1, 0.15) is 5.82 Å². The third-order valence-corrected chi connectivity index (χ3v) is 6.77. The molecule has 1 unspecified atom stereocenters. The maximum Gasteiger partial charge on any atom is 0.229 e. The first-order chi connectivity index (χ1) is 14.7. The SMILES string of the molecule is C=CC[C@@]1(C)C[C@H](c2cc(F)cc(Cl)c2)[C@@H](c2ccc(Cl)cc2)N(C(CC)CO)C1=O.